The molecule has 0 atom stereocenters. The molecular weight excluding hydrogens is 362 g/mol. The van der Waals surface area contributed by atoms with E-state index < -0.39 is 0 Å². The maximum absolute atomic E-state index is 6.11. The van der Waals surface area contributed by atoms with Crippen molar-refractivity contribution in [2.24, 2.45) is 0 Å². The molecule has 3 heterocycles. The van der Waals surface area contributed by atoms with Crippen LogP contribution in [0.4, 0.5) is 0 Å². The molecule has 0 aliphatic carbocycles. The van der Waals surface area contributed by atoms with Crippen LogP contribution in [-0.4, -0.2) is 51.0 Å². The SMILES string of the molecule is Cc1ccc(C(C)C)c(OCc2nn3c(CN4CCOCC4)nnc3s2)c1. The second-order valence-electron chi connectivity index (χ2n) is 7.18. The van der Waals surface area contributed by atoms with E-state index in [0.29, 0.717) is 12.5 Å². The standard InChI is InChI=1S/C19H25N5O2S/c1-13(2)15-5-4-14(3)10-16(15)26-12-18-22-24-17(20-21-19(24)27-18)11-23-6-8-25-9-7-23/h4-5,10,13H,6-9,11-12H2,1-3H3. The molecule has 0 unspecified atom stereocenters. The van der Waals surface area contributed by atoms with E-state index in [-0.39, 0.29) is 0 Å². The minimum Gasteiger partial charge on any atom is -0.486 e. The highest BCUT2D eigenvalue weighted by molar-refractivity contribution is 7.16. The lowest BCUT2D eigenvalue weighted by atomic mass is 10.0. The molecule has 0 radical (unpaired) electrons. The first-order valence-electron chi connectivity index (χ1n) is 9.33. The summed E-state index contributed by atoms with van der Waals surface area (Å²) in [6, 6.07) is 6.37. The van der Waals surface area contributed by atoms with E-state index in [2.05, 4.69) is 59.2 Å². The van der Waals surface area contributed by atoms with Crippen molar-refractivity contribution >= 4 is 16.3 Å². The third-order valence-electron chi connectivity index (χ3n) is 4.71. The smallest absolute Gasteiger partial charge is 0.234 e. The number of morpholine rings is 1. The topological polar surface area (TPSA) is 64.8 Å². The van der Waals surface area contributed by atoms with Crippen LogP contribution in [0.5, 0.6) is 5.75 Å². The Labute approximate surface area is 162 Å². The van der Waals surface area contributed by atoms with Crippen molar-refractivity contribution < 1.29 is 9.47 Å². The summed E-state index contributed by atoms with van der Waals surface area (Å²) in [7, 11) is 0. The van der Waals surface area contributed by atoms with Crippen LogP contribution in [0, 0.1) is 6.92 Å². The molecule has 1 aliphatic rings. The van der Waals surface area contributed by atoms with Gasteiger partial charge in [0.15, 0.2) is 10.8 Å². The number of hydrogen-bond acceptors (Lipinski definition) is 7. The van der Waals surface area contributed by atoms with Crippen LogP contribution in [0.25, 0.3) is 4.96 Å². The number of ether oxygens (including phenoxy) is 2. The number of benzene rings is 1. The number of hydrogen-bond donors (Lipinski definition) is 0. The van der Waals surface area contributed by atoms with Gasteiger partial charge < -0.3 is 9.47 Å². The largest absolute Gasteiger partial charge is 0.486 e. The molecule has 3 aromatic rings. The first kappa shape index (κ1) is 18.3. The van der Waals surface area contributed by atoms with Gasteiger partial charge in [-0.05, 0) is 30.0 Å². The molecule has 0 saturated carbocycles. The molecule has 8 heteroatoms. The summed E-state index contributed by atoms with van der Waals surface area (Å²) in [6.45, 7) is 11.0. The van der Waals surface area contributed by atoms with Gasteiger partial charge in [-0.25, -0.2) is 0 Å². The lowest BCUT2D eigenvalue weighted by Crippen LogP contribution is -2.36. The summed E-state index contributed by atoms with van der Waals surface area (Å²) in [5.41, 5.74) is 2.41. The quantitative estimate of drug-likeness (QED) is 0.648. The second-order valence-corrected chi connectivity index (χ2v) is 8.22. The number of fused-ring (bicyclic) bond motifs is 1. The first-order valence-corrected chi connectivity index (χ1v) is 10.2. The van der Waals surface area contributed by atoms with E-state index in [0.717, 1.165) is 54.4 Å². The van der Waals surface area contributed by atoms with Crippen molar-refractivity contribution in [3.8, 4) is 5.75 Å². The number of aryl methyl sites for hydroxylation is 1. The Morgan fingerprint density at radius 1 is 1.22 bits per heavy atom. The minimum atomic E-state index is 0.415. The third-order valence-corrected chi connectivity index (χ3v) is 5.58. The van der Waals surface area contributed by atoms with Gasteiger partial charge in [-0.15, -0.1) is 10.2 Å². The fourth-order valence-corrected chi connectivity index (χ4v) is 3.96. The van der Waals surface area contributed by atoms with Crippen LogP contribution in [0.3, 0.4) is 0 Å². The third kappa shape index (κ3) is 4.12. The second kappa shape index (κ2) is 7.92. The molecule has 4 rings (SSSR count). The highest BCUT2D eigenvalue weighted by Gasteiger charge is 2.17. The van der Waals surface area contributed by atoms with Crippen LogP contribution < -0.4 is 4.74 Å². The summed E-state index contributed by atoms with van der Waals surface area (Å²) in [5.74, 6) is 2.22. The minimum absolute atomic E-state index is 0.415. The van der Waals surface area contributed by atoms with Crippen molar-refractivity contribution in [1.29, 1.82) is 0 Å². The van der Waals surface area contributed by atoms with Crippen molar-refractivity contribution in [1.82, 2.24) is 24.7 Å². The number of nitrogens with zero attached hydrogens (tertiary/aromatic N) is 5. The Balaban J connectivity index is 1.48. The van der Waals surface area contributed by atoms with Gasteiger partial charge >= 0.3 is 0 Å². The zero-order valence-electron chi connectivity index (χ0n) is 16.0. The summed E-state index contributed by atoms with van der Waals surface area (Å²) in [6.07, 6.45) is 0. The number of aromatic nitrogens is 4. The fourth-order valence-electron chi connectivity index (χ4n) is 3.20. The van der Waals surface area contributed by atoms with Crippen molar-refractivity contribution in [3.05, 3.63) is 40.2 Å². The lowest BCUT2D eigenvalue weighted by Gasteiger charge is -2.25. The van der Waals surface area contributed by atoms with Gasteiger partial charge in [0.1, 0.15) is 12.4 Å². The Kier molecular flexibility index (Phi) is 5.38. The van der Waals surface area contributed by atoms with Gasteiger partial charge in [-0.1, -0.05) is 37.3 Å². The van der Waals surface area contributed by atoms with Crippen molar-refractivity contribution in [2.75, 3.05) is 26.3 Å². The van der Waals surface area contributed by atoms with Gasteiger partial charge in [-0.2, -0.15) is 9.61 Å². The van der Waals surface area contributed by atoms with E-state index in [4.69, 9.17) is 9.47 Å². The van der Waals surface area contributed by atoms with Gasteiger partial charge in [0, 0.05) is 13.1 Å². The van der Waals surface area contributed by atoms with Gasteiger partial charge in [-0.3, -0.25) is 4.90 Å². The van der Waals surface area contributed by atoms with E-state index in [1.807, 2.05) is 4.52 Å². The molecule has 1 saturated heterocycles. The molecule has 27 heavy (non-hydrogen) atoms. The average Bonchev–Trinajstić information content (AvgIpc) is 3.22. The van der Waals surface area contributed by atoms with Gasteiger partial charge in [0.05, 0.1) is 19.8 Å². The molecule has 144 valence electrons. The summed E-state index contributed by atoms with van der Waals surface area (Å²) >= 11 is 1.53. The molecule has 2 aromatic heterocycles. The Bertz CT molecular complexity index is 914. The molecular formula is C19H25N5O2S. The van der Waals surface area contributed by atoms with E-state index in [1.54, 1.807) is 0 Å². The van der Waals surface area contributed by atoms with Crippen LogP contribution in [0.1, 0.15) is 41.7 Å². The Hall–Kier alpha value is -2.03. The van der Waals surface area contributed by atoms with Gasteiger partial charge in [0.2, 0.25) is 4.96 Å². The van der Waals surface area contributed by atoms with E-state index in [1.165, 1.54) is 22.5 Å². The predicted molar refractivity (Wildman–Crippen MR) is 104 cm³/mol. The molecule has 1 aromatic carbocycles. The molecule has 0 amide bonds. The van der Waals surface area contributed by atoms with Crippen molar-refractivity contribution in [3.63, 3.8) is 0 Å². The van der Waals surface area contributed by atoms with Gasteiger partial charge in [0.25, 0.3) is 0 Å². The Morgan fingerprint density at radius 2 is 2.04 bits per heavy atom. The molecule has 1 fully saturated rings. The summed E-state index contributed by atoms with van der Waals surface area (Å²) < 4.78 is 13.4. The van der Waals surface area contributed by atoms with E-state index in [9.17, 15) is 0 Å². The van der Waals surface area contributed by atoms with Crippen LogP contribution >= 0.6 is 11.3 Å². The van der Waals surface area contributed by atoms with Crippen LogP contribution in [0.2, 0.25) is 0 Å². The lowest BCUT2D eigenvalue weighted by molar-refractivity contribution is 0.0328. The molecule has 0 bridgehead atoms. The monoisotopic (exact) mass is 387 g/mol. The maximum atomic E-state index is 6.11. The normalized spacial score (nSPS) is 15.7. The molecule has 0 N–H and O–H groups in total. The number of rotatable bonds is 6. The maximum Gasteiger partial charge on any atom is 0.234 e. The zero-order chi connectivity index (χ0) is 18.8. The van der Waals surface area contributed by atoms with Crippen LogP contribution in [0.15, 0.2) is 18.2 Å². The first-order chi connectivity index (χ1) is 13.1. The van der Waals surface area contributed by atoms with E-state index >= 15 is 0 Å². The van der Waals surface area contributed by atoms with Crippen molar-refractivity contribution in [2.45, 2.75) is 39.8 Å². The predicted octanol–water partition coefficient (Wildman–Crippen LogP) is 3.03. The highest BCUT2D eigenvalue weighted by Crippen LogP contribution is 2.28. The molecule has 0 spiro atoms. The fraction of sp³-hybridized carbons (Fsp3) is 0.526. The summed E-state index contributed by atoms with van der Waals surface area (Å²) in [4.78, 5) is 3.13. The Morgan fingerprint density at radius 3 is 2.81 bits per heavy atom. The molecule has 7 nitrogen and oxygen atoms in total. The molecule has 1 aliphatic heterocycles. The zero-order valence-corrected chi connectivity index (χ0v) is 16.8. The average molecular weight is 388 g/mol. The highest BCUT2D eigenvalue weighted by atomic mass is 32.1. The summed E-state index contributed by atoms with van der Waals surface area (Å²) in [5, 5.41) is 14.2. The van der Waals surface area contributed by atoms with Crippen LogP contribution in [-0.2, 0) is 17.9 Å².